The van der Waals surface area contributed by atoms with Crippen LogP contribution in [0.15, 0.2) is 35.2 Å². The van der Waals surface area contributed by atoms with E-state index in [2.05, 4.69) is 5.32 Å². The molecule has 2 aliphatic heterocycles. The van der Waals surface area contributed by atoms with Gasteiger partial charge in [-0.3, -0.25) is 9.59 Å². The topological polar surface area (TPSA) is 96.0 Å². The number of anilines is 1. The van der Waals surface area contributed by atoms with Gasteiger partial charge >= 0.3 is 0 Å². The van der Waals surface area contributed by atoms with Crippen molar-refractivity contribution in [2.75, 3.05) is 31.5 Å². The molecule has 0 aliphatic carbocycles. The summed E-state index contributed by atoms with van der Waals surface area (Å²) in [5, 5.41) is 2.52. The molecule has 12 heteroatoms. The van der Waals surface area contributed by atoms with Crippen molar-refractivity contribution < 1.29 is 31.5 Å². The van der Waals surface area contributed by atoms with Crippen LogP contribution in [0.2, 0.25) is 5.02 Å². The monoisotopic (exact) mass is 485 g/mol. The van der Waals surface area contributed by atoms with Crippen molar-refractivity contribution in [2.24, 2.45) is 0 Å². The van der Waals surface area contributed by atoms with Gasteiger partial charge < -0.3 is 15.0 Å². The van der Waals surface area contributed by atoms with Crippen LogP contribution in [0.3, 0.4) is 0 Å². The third-order valence-electron chi connectivity index (χ3n) is 5.28. The van der Waals surface area contributed by atoms with Crippen LogP contribution in [-0.4, -0.2) is 61.7 Å². The zero-order valence-corrected chi connectivity index (χ0v) is 18.3. The van der Waals surface area contributed by atoms with Gasteiger partial charge in [0.15, 0.2) is 17.7 Å². The highest BCUT2D eigenvalue weighted by Crippen LogP contribution is 2.38. The lowest BCUT2D eigenvalue weighted by molar-refractivity contribution is -0.122. The molecule has 170 valence electrons. The number of nitrogens with one attached hydrogen (secondary N) is 1. The second-order valence-corrected chi connectivity index (χ2v) is 9.67. The van der Waals surface area contributed by atoms with Crippen molar-refractivity contribution in [1.82, 2.24) is 9.21 Å². The Balaban J connectivity index is 1.51. The molecule has 2 aromatic rings. The van der Waals surface area contributed by atoms with Crippen LogP contribution in [-0.2, 0) is 14.8 Å². The zero-order chi connectivity index (χ0) is 23.2. The van der Waals surface area contributed by atoms with Gasteiger partial charge in [0.05, 0.1) is 10.7 Å². The molecule has 32 heavy (non-hydrogen) atoms. The molecular formula is C20H18ClF2N3O5S. The molecule has 0 bridgehead atoms. The van der Waals surface area contributed by atoms with E-state index in [4.69, 9.17) is 16.3 Å². The highest BCUT2D eigenvalue weighted by atomic mass is 35.5. The molecule has 2 amide bonds. The Labute approximate surface area is 187 Å². The van der Waals surface area contributed by atoms with Gasteiger partial charge in [-0.05, 0) is 31.2 Å². The lowest BCUT2D eigenvalue weighted by atomic mass is 10.1. The number of halogens is 3. The summed E-state index contributed by atoms with van der Waals surface area (Å²) in [6, 6.07) is 5.44. The third kappa shape index (κ3) is 4.03. The molecule has 2 aliphatic rings. The first kappa shape index (κ1) is 22.4. The zero-order valence-electron chi connectivity index (χ0n) is 16.8. The molecule has 2 aromatic carbocycles. The average Bonchev–Trinajstić information content (AvgIpc) is 2.76. The minimum Gasteiger partial charge on any atom is -0.479 e. The molecule has 0 saturated carbocycles. The Morgan fingerprint density at radius 2 is 1.81 bits per heavy atom. The van der Waals surface area contributed by atoms with Gasteiger partial charge in [-0.1, -0.05) is 11.6 Å². The predicted molar refractivity (Wildman–Crippen MR) is 111 cm³/mol. The van der Waals surface area contributed by atoms with Crippen molar-refractivity contribution in [3.63, 3.8) is 0 Å². The first-order chi connectivity index (χ1) is 15.1. The van der Waals surface area contributed by atoms with Crippen LogP contribution in [0.25, 0.3) is 0 Å². The average molecular weight is 486 g/mol. The summed E-state index contributed by atoms with van der Waals surface area (Å²) in [7, 11) is -4.02. The lowest BCUT2D eigenvalue weighted by Crippen LogP contribution is -2.50. The number of rotatable bonds is 3. The number of sulfonamides is 1. The molecule has 8 nitrogen and oxygen atoms in total. The Morgan fingerprint density at radius 1 is 1.12 bits per heavy atom. The maximum atomic E-state index is 13.4. The molecule has 4 rings (SSSR count). The Kier molecular flexibility index (Phi) is 5.82. The van der Waals surface area contributed by atoms with Crippen molar-refractivity contribution in [3.05, 3.63) is 52.6 Å². The third-order valence-corrected chi connectivity index (χ3v) is 7.64. The molecule has 0 unspecified atom stereocenters. The fourth-order valence-corrected chi connectivity index (χ4v) is 5.43. The van der Waals surface area contributed by atoms with Gasteiger partial charge in [0, 0.05) is 37.8 Å². The van der Waals surface area contributed by atoms with E-state index in [9.17, 15) is 26.8 Å². The van der Waals surface area contributed by atoms with E-state index in [1.54, 1.807) is 0 Å². The Morgan fingerprint density at radius 3 is 2.47 bits per heavy atom. The summed E-state index contributed by atoms with van der Waals surface area (Å²) in [5.41, 5.74) is 0.255. The molecule has 0 aromatic heterocycles. The van der Waals surface area contributed by atoms with E-state index in [0.717, 1.165) is 12.1 Å². The number of piperazine rings is 1. The lowest BCUT2D eigenvalue weighted by Gasteiger charge is -2.34. The van der Waals surface area contributed by atoms with Crippen molar-refractivity contribution in [3.8, 4) is 5.75 Å². The van der Waals surface area contributed by atoms with E-state index < -0.39 is 33.7 Å². The molecular weight excluding hydrogens is 468 g/mol. The number of benzene rings is 2. The van der Waals surface area contributed by atoms with Gasteiger partial charge in [-0.15, -0.1) is 0 Å². The van der Waals surface area contributed by atoms with Gasteiger partial charge in [0.2, 0.25) is 10.0 Å². The number of carbonyl (C=O) groups is 2. The molecule has 2 heterocycles. The fourth-order valence-electron chi connectivity index (χ4n) is 3.49. The van der Waals surface area contributed by atoms with Crippen LogP contribution in [0.1, 0.15) is 17.3 Å². The minimum atomic E-state index is -4.02. The normalized spacial score (nSPS) is 19.2. The van der Waals surface area contributed by atoms with Gasteiger partial charge in [0.1, 0.15) is 10.6 Å². The molecule has 1 N–H and O–H groups in total. The summed E-state index contributed by atoms with van der Waals surface area (Å²) in [4.78, 5) is 25.5. The maximum absolute atomic E-state index is 13.4. The first-order valence-corrected chi connectivity index (χ1v) is 11.5. The molecule has 1 fully saturated rings. The molecule has 0 radical (unpaired) electrons. The van der Waals surface area contributed by atoms with Gasteiger partial charge in [0.25, 0.3) is 11.8 Å². The fraction of sp³-hybridized carbons (Fsp3) is 0.300. The summed E-state index contributed by atoms with van der Waals surface area (Å²) < 4.78 is 59.5. The van der Waals surface area contributed by atoms with Crippen molar-refractivity contribution in [1.29, 1.82) is 0 Å². The highest BCUT2D eigenvalue weighted by molar-refractivity contribution is 7.89. The Hall–Kier alpha value is -2.76. The van der Waals surface area contributed by atoms with Crippen LogP contribution < -0.4 is 10.1 Å². The molecule has 1 atom stereocenters. The van der Waals surface area contributed by atoms with E-state index in [0.29, 0.717) is 0 Å². The second kappa shape index (κ2) is 8.30. The van der Waals surface area contributed by atoms with E-state index in [1.165, 1.54) is 34.3 Å². The summed E-state index contributed by atoms with van der Waals surface area (Å²) in [6.45, 7) is 1.62. The number of ether oxygens (including phenoxy) is 1. The number of nitrogens with zero attached hydrogens (tertiary/aromatic N) is 2. The Bertz CT molecular complexity index is 1220. The minimum absolute atomic E-state index is 0.0147. The van der Waals surface area contributed by atoms with Gasteiger partial charge in [-0.25, -0.2) is 17.2 Å². The summed E-state index contributed by atoms with van der Waals surface area (Å²) in [5.74, 6) is -2.90. The standard InChI is InChI=1S/C20H18ClF2N3O5S/c1-11-19(27)24-16-9-13(21)18(10-17(16)31-11)32(29,30)26-6-4-25(5-7-26)20(28)12-2-3-14(22)15(23)8-12/h2-3,8-11H,4-7H2,1H3,(H,24,27)/t11-/m1/s1. The number of amides is 2. The smallest absolute Gasteiger partial charge is 0.265 e. The number of fused-ring (bicyclic) bond motifs is 1. The van der Waals surface area contributed by atoms with Crippen molar-refractivity contribution in [2.45, 2.75) is 17.9 Å². The van der Waals surface area contributed by atoms with E-state index >= 15 is 0 Å². The number of carbonyl (C=O) groups excluding carboxylic acids is 2. The van der Waals surface area contributed by atoms with Crippen LogP contribution in [0.4, 0.5) is 14.5 Å². The first-order valence-electron chi connectivity index (χ1n) is 9.63. The predicted octanol–water partition coefficient (Wildman–Crippen LogP) is 2.48. The quantitative estimate of drug-likeness (QED) is 0.720. The summed E-state index contributed by atoms with van der Waals surface area (Å²) in [6.07, 6.45) is -0.787. The SMILES string of the molecule is C[C@H]1Oc2cc(S(=O)(=O)N3CCN(C(=O)c4ccc(F)c(F)c4)CC3)c(Cl)cc2NC1=O. The largest absolute Gasteiger partial charge is 0.479 e. The van der Waals surface area contributed by atoms with Crippen LogP contribution in [0, 0.1) is 11.6 Å². The number of hydrogen-bond acceptors (Lipinski definition) is 5. The molecule has 0 spiro atoms. The van der Waals surface area contributed by atoms with Gasteiger partial charge in [-0.2, -0.15) is 4.31 Å². The summed E-state index contributed by atoms with van der Waals surface area (Å²) >= 11 is 6.19. The van der Waals surface area contributed by atoms with Crippen LogP contribution in [0.5, 0.6) is 5.75 Å². The van der Waals surface area contributed by atoms with Crippen molar-refractivity contribution >= 4 is 39.1 Å². The second-order valence-electron chi connectivity index (χ2n) is 7.35. The maximum Gasteiger partial charge on any atom is 0.265 e. The van der Waals surface area contributed by atoms with Crippen LogP contribution >= 0.6 is 11.6 Å². The molecule has 1 saturated heterocycles. The highest BCUT2D eigenvalue weighted by Gasteiger charge is 2.34. The van der Waals surface area contributed by atoms with E-state index in [1.807, 2.05) is 0 Å². The van der Waals surface area contributed by atoms with E-state index in [-0.39, 0.29) is 59.0 Å². The number of hydrogen-bond donors (Lipinski definition) is 1.